The van der Waals surface area contributed by atoms with E-state index in [-0.39, 0.29) is 11.9 Å². The molecule has 0 spiro atoms. The summed E-state index contributed by atoms with van der Waals surface area (Å²) in [4.78, 5) is 19.0. The van der Waals surface area contributed by atoms with Crippen molar-refractivity contribution in [3.05, 3.63) is 70.8 Å². The molecule has 1 atom stereocenters. The largest absolute Gasteiger partial charge is 0.335 e. The van der Waals surface area contributed by atoms with E-state index in [0.717, 1.165) is 28.1 Å². The third-order valence-electron chi connectivity index (χ3n) is 5.20. The Hall–Kier alpha value is -3.46. The molecule has 1 aromatic carbocycles. The minimum Gasteiger partial charge on any atom is -0.335 e. The molecule has 6 nitrogen and oxygen atoms in total. The fourth-order valence-corrected chi connectivity index (χ4v) is 3.43. The van der Waals surface area contributed by atoms with E-state index < -0.39 is 0 Å². The first-order valence-corrected chi connectivity index (χ1v) is 9.07. The highest BCUT2D eigenvalue weighted by Gasteiger charge is 2.24. The summed E-state index contributed by atoms with van der Waals surface area (Å²) in [6, 6.07) is 12.9. The quantitative estimate of drug-likeness (QED) is 0.697. The number of amides is 1. The molecule has 0 aliphatic rings. The SMILES string of the molecule is Cc1nn(C)c(C)c1[C@@H](C)N(C)C(=O)c1cccc(-c2ccc(C#N)nc2)c1. The summed E-state index contributed by atoms with van der Waals surface area (Å²) in [5.41, 5.74) is 5.79. The lowest BCUT2D eigenvalue weighted by molar-refractivity contribution is 0.0742. The van der Waals surface area contributed by atoms with Crippen LogP contribution in [0.3, 0.4) is 0 Å². The lowest BCUT2D eigenvalue weighted by atomic mass is 10.0. The van der Waals surface area contributed by atoms with Crippen LogP contribution in [0.15, 0.2) is 42.6 Å². The van der Waals surface area contributed by atoms with E-state index in [1.54, 1.807) is 17.2 Å². The number of nitrogens with zero attached hydrogens (tertiary/aromatic N) is 5. The summed E-state index contributed by atoms with van der Waals surface area (Å²) >= 11 is 0. The smallest absolute Gasteiger partial charge is 0.254 e. The summed E-state index contributed by atoms with van der Waals surface area (Å²) < 4.78 is 1.85. The Morgan fingerprint density at radius 1 is 1.21 bits per heavy atom. The van der Waals surface area contributed by atoms with Gasteiger partial charge in [-0.1, -0.05) is 12.1 Å². The molecule has 0 aliphatic carbocycles. The highest BCUT2D eigenvalue weighted by atomic mass is 16.2. The molecule has 0 N–H and O–H groups in total. The molecule has 0 radical (unpaired) electrons. The van der Waals surface area contributed by atoms with E-state index >= 15 is 0 Å². The molecule has 0 saturated carbocycles. The predicted molar refractivity (Wildman–Crippen MR) is 108 cm³/mol. The monoisotopic (exact) mass is 373 g/mol. The van der Waals surface area contributed by atoms with Gasteiger partial charge in [-0.3, -0.25) is 9.48 Å². The number of hydrogen-bond donors (Lipinski definition) is 0. The van der Waals surface area contributed by atoms with Crippen molar-refractivity contribution < 1.29 is 4.79 Å². The fourth-order valence-electron chi connectivity index (χ4n) is 3.43. The maximum absolute atomic E-state index is 13.1. The molecule has 3 rings (SSSR count). The maximum Gasteiger partial charge on any atom is 0.254 e. The van der Waals surface area contributed by atoms with Crippen LogP contribution in [0.1, 0.15) is 46.0 Å². The first-order valence-electron chi connectivity index (χ1n) is 9.07. The van der Waals surface area contributed by atoms with Gasteiger partial charge in [-0.2, -0.15) is 10.4 Å². The standard InChI is InChI=1S/C22H23N5O/c1-14-21(16(3)27(5)25-14)15(2)26(4)22(28)18-8-6-7-17(11-18)19-9-10-20(12-23)24-13-19/h6-11,13,15H,1-5H3/t15-/m1/s1. The summed E-state index contributed by atoms with van der Waals surface area (Å²) in [7, 11) is 3.73. The van der Waals surface area contributed by atoms with Crippen LogP contribution < -0.4 is 0 Å². The number of carbonyl (C=O) groups is 1. The van der Waals surface area contributed by atoms with Gasteiger partial charge in [-0.15, -0.1) is 0 Å². The zero-order chi connectivity index (χ0) is 20.4. The third kappa shape index (κ3) is 3.52. The molecular weight excluding hydrogens is 350 g/mol. The van der Waals surface area contributed by atoms with Crippen molar-refractivity contribution in [2.75, 3.05) is 7.05 Å². The molecule has 2 aromatic heterocycles. The molecular formula is C22H23N5O. The van der Waals surface area contributed by atoms with Crippen molar-refractivity contribution in [1.29, 1.82) is 5.26 Å². The van der Waals surface area contributed by atoms with Crippen molar-refractivity contribution in [1.82, 2.24) is 19.7 Å². The number of nitriles is 1. The van der Waals surface area contributed by atoms with Gasteiger partial charge < -0.3 is 4.90 Å². The topological polar surface area (TPSA) is 74.8 Å². The second-order valence-electron chi connectivity index (χ2n) is 6.92. The van der Waals surface area contributed by atoms with Gasteiger partial charge in [0.2, 0.25) is 0 Å². The van der Waals surface area contributed by atoms with Crippen LogP contribution in [0.2, 0.25) is 0 Å². The van der Waals surface area contributed by atoms with Crippen molar-refractivity contribution in [3.8, 4) is 17.2 Å². The average molecular weight is 373 g/mol. The van der Waals surface area contributed by atoms with Gasteiger partial charge in [0.15, 0.2) is 0 Å². The minimum absolute atomic E-state index is 0.0568. The minimum atomic E-state index is -0.0959. The average Bonchev–Trinajstić information content (AvgIpc) is 2.98. The number of pyridine rings is 1. The van der Waals surface area contributed by atoms with Crippen molar-refractivity contribution in [3.63, 3.8) is 0 Å². The lowest BCUT2D eigenvalue weighted by Crippen LogP contribution is -2.30. The Bertz CT molecular complexity index is 1060. The lowest BCUT2D eigenvalue weighted by Gasteiger charge is -2.26. The maximum atomic E-state index is 13.1. The molecule has 2 heterocycles. The number of aromatic nitrogens is 3. The Kier molecular flexibility index (Phi) is 5.27. The zero-order valence-electron chi connectivity index (χ0n) is 16.8. The van der Waals surface area contributed by atoms with E-state index in [4.69, 9.17) is 5.26 Å². The molecule has 3 aromatic rings. The van der Waals surface area contributed by atoms with Crippen molar-refractivity contribution in [2.45, 2.75) is 26.8 Å². The van der Waals surface area contributed by atoms with Crippen LogP contribution >= 0.6 is 0 Å². The van der Waals surface area contributed by atoms with Crippen LogP contribution in [0.4, 0.5) is 0 Å². The number of carbonyl (C=O) groups excluding carboxylic acids is 1. The number of aryl methyl sites for hydroxylation is 2. The fraction of sp³-hybridized carbons (Fsp3) is 0.273. The third-order valence-corrected chi connectivity index (χ3v) is 5.20. The van der Waals surface area contributed by atoms with Gasteiger partial charge in [0, 0.05) is 42.7 Å². The Morgan fingerprint density at radius 3 is 2.54 bits per heavy atom. The van der Waals surface area contributed by atoms with Crippen molar-refractivity contribution in [2.24, 2.45) is 7.05 Å². The number of rotatable bonds is 4. The Balaban J connectivity index is 1.88. The second-order valence-corrected chi connectivity index (χ2v) is 6.92. The summed E-state index contributed by atoms with van der Waals surface area (Å²) in [5, 5.41) is 13.4. The van der Waals surface area contributed by atoms with Gasteiger partial charge in [-0.05, 0) is 50.6 Å². The van der Waals surface area contributed by atoms with Gasteiger partial charge in [-0.25, -0.2) is 4.98 Å². The molecule has 0 bridgehead atoms. The summed E-state index contributed by atoms with van der Waals surface area (Å²) in [6.07, 6.45) is 1.65. The second kappa shape index (κ2) is 7.65. The molecule has 0 aliphatic heterocycles. The number of hydrogen-bond acceptors (Lipinski definition) is 4. The Morgan fingerprint density at radius 2 is 1.96 bits per heavy atom. The van der Waals surface area contributed by atoms with Crippen molar-refractivity contribution >= 4 is 5.91 Å². The summed E-state index contributed by atoms with van der Waals surface area (Å²) in [6.45, 7) is 6.00. The van der Waals surface area contributed by atoms with Crippen LogP contribution in [0, 0.1) is 25.2 Å². The van der Waals surface area contributed by atoms with Crippen LogP contribution in [-0.4, -0.2) is 32.6 Å². The molecule has 0 saturated heterocycles. The van der Waals surface area contributed by atoms with Gasteiger partial charge >= 0.3 is 0 Å². The zero-order valence-corrected chi connectivity index (χ0v) is 16.8. The van der Waals surface area contributed by atoms with E-state index in [9.17, 15) is 4.79 Å². The highest BCUT2D eigenvalue weighted by molar-refractivity contribution is 5.95. The first-order chi connectivity index (χ1) is 13.3. The highest BCUT2D eigenvalue weighted by Crippen LogP contribution is 2.27. The molecule has 28 heavy (non-hydrogen) atoms. The molecule has 142 valence electrons. The first kappa shape index (κ1) is 19.3. The van der Waals surface area contributed by atoms with E-state index in [2.05, 4.69) is 10.1 Å². The van der Waals surface area contributed by atoms with Gasteiger partial charge in [0.1, 0.15) is 11.8 Å². The van der Waals surface area contributed by atoms with E-state index in [0.29, 0.717) is 11.3 Å². The molecule has 6 heteroatoms. The predicted octanol–water partition coefficient (Wildman–Crippen LogP) is 3.80. The molecule has 0 fully saturated rings. The Labute approximate surface area is 165 Å². The summed E-state index contributed by atoms with van der Waals surface area (Å²) in [5.74, 6) is -0.0568. The van der Waals surface area contributed by atoms with Crippen LogP contribution in [0.5, 0.6) is 0 Å². The number of benzene rings is 1. The van der Waals surface area contributed by atoms with Crippen LogP contribution in [-0.2, 0) is 7.05 Å². The van der Waals surface area contributed by atoms with Gasteiger partial charge in [0.05, 0.1) is 11.7 Å². The molecule has 1 amide bonds. The molecule has 0 unspecified atom stereocenters. The van der Waals surface area contributed by atoms with E-state index in [1.165, 1.54) is 0 Å². The van der Waals surface area contributed by atoms with Crippen LogP contribution in [0.25, 0.3) is 11.1 Å². The van der Waals surface area contributed by atoms with E-state index in [1.807, 2.05) is 75.9 Å². The normalized spacial score (nSPS) is 11.7. The van der Waals surface area contributed by atoms with Gasteiger partial charge in [0.25, 0.3) is 5.91 Å².